The van der Waals surface area contributed by atoms with E-state index in [1.54, 1.807) is 18.5 Å². The molecule has 25 heavy (non-hydrogen) atoms. The van der Waals surface area contributed by atoms with E-state index in [0.717, 1.165) is 6.42 Å². The second-order valence-electron chi connectivity index (χ2n) is 6.72. The first-order valence-electron chi connectivity index (χ1n) is 8.91. The summed E-state index contributed by atoms with van der Waals surface area (Å²) in [6, 6.07) is -0.629. The predicted molar refractivity (Wildman–Crippen MR) is 94.0 cm³/mol. The molecule has 1 aliphatic carbocycles. The topological polar surface area (TPSA) is 41.5 Å². The molecule has 0 radical (unpaired) electrons. The monoisotopic (exact) mass is 352 g/mol. The molecule has 1 aromatic rings. The van der Waals surface area contributed by atoms with E-state index in [4.69, 9.17) is 4.74 Å². The molecule has 0 bridgehead atoms. The van der Waals surface area contributed by atoms with E-state index in [2.05, 4.69) is 16.5 Å². The molecule has 2 heterocycles. The van der Waals surface area contributed by atoms with Gasteiger partial charge in [-0.05, 0) is 26.7 Å². The number of ether oxygens (including phenoxy) is 1. The molecule has 3 rings (SSSR count). The Kier molecular flexibility index (Phi) is 5.22. The van der Waals surface area contributed by atoms with Crippen molar-refractivity contribution in [2.45, 2.75) is 64.4 Å². The van der Waals surface area contributed by atoms with Gasteiger partial charge in [0.15, 0.2) is 11.6 Å². The molecule has 7 heteroatoms. The van der Waals surface area contributed by atoms with Gasteiger partial charge >= 0.3 is 0 Å². The molecule has 5 nitrogen and oxygen atoms in total. The molecule has 1 aliphatic heterocycles. The quantitative estimate of drug-likeness (QED) is 0.703. The second kappa shape index (κ2) is 7.23. The highest BCUT2D eigenvalue weighted by Crippen LogP contribution is 2.45. The average molecular weight is 352 g/mol. The first-order chi connectivity index (χ1) is 12.0. The lowest BCUT2D eigenvalue weighted by molar-refractivity contribution is 0.0283. The van der Waals surface area contributed by atoms with Crippen molar-refractivity contribution in [3.8, 4) is 0 Å². The number of anilines is 2. The van der Waals surface area contributed by atoms with Crippen LogP contribution in [0.25, 0.3) is 0 Å². The number of nitrogens with zero attached hydrogens (tertiary/aromatic N) is 4. The zero-order valence-electron chi connectivity index (χ0n) is 15.0. The lowest BCUT2D eigenvalue weighted by atomic mass is 9.89. The minimum Gasteiger partial charge on any atom is -0.341 e. The third-order valence-corrected chi connectivity index (χ3v) is 5.28. The van der Waals surface area contributed by atoms with Crippen molar-refractivity contribution in [3.63, 3.8) is 0 Å². The number of hydrogen-bond acceptors (Lipinski definition) is 5. The van der Waals surface area contributed by atoms with Gasteiger partial charge in [-0.1, -0.05) is 13.0 Å². The summed E-state index contributed by atoms with van der Waals surface area (Å²) in [6.07, 6.45) is 3.66. The fraction of sp³-hybridized carbons (Fsp3) is 0.667. The van der Waals surface area contributed by atoms with Crippen LogP contribution in [0.3, 0.4) is 0 Å². The summed E-state index contributed by atoms with van der Waals surface area (Å²) in [6.45, 7) is 9.59. The summed E-state index contributed by atoms with van der Waals surface area (Å²) in [5.74, 6) is 0.870. The van der Waals surface area contributed by atoms with Crippen molar-refractivity contribution in [1.29, 1.82) is 0 Å². The van der Waals surface area contributed by atoms with Crippen LogP contribution >= 0.6 is 0 Å². The minimum atomic E-state index is -1.03. The largest absolute Gasteiger partial charge is 0.341 e. The summed E-state index contributed by atoms with van der Waals surface area (Å²) in [5, 5.41) is 0. The molecule has 6 atom stereocenters. The molecule has 2 aliphatic rings. The van der Waals surface area contributed by atoms with E-state index in [1.807, 2.05) is 23.6 Å². The van der Waals surface area contributed by atoms with Crippen LogP contribution in [0, 0.1) is 5.92 Å². The number of aromatic nitrogens is 2. The number of alkyl halides is 2. The number of fused-ring (bicyclic) bond motifs is 1. The Labute approximate surface area is 147 Å². The van der Waals surface area contributed by atoms with E-state index in [9.17, 15) is 8.78 Å². The van der Waals surface area contributed by atoms with Crippen LogP contribution < -0.4 is 9.80 Å². The Morgan fingerprint density at radius 1 is 1.32 bits per heavy atom. The van der Waals surface area contributed by atoms with Gasteiger partial charge in [0.1, 0.15) is 12.3 Å². The van der Waals surface area contributed by atoms with Crippen molar-refractivity contribution in [2.24, 2.45) is 5.92 Å². The predicted octanol–water partition coefficient (Wildman–Crippen LogP) is 3.47. The molecule has 0 aromatic carbocycles. The van der Waals surface area contributed by atoms with Crippen molar-refractivity contribution in [3.05, 3.63) is 25.0 Å². The van der Waals surface area contributed by atoms with Gasteiger partial charge in [0.05, 0.1) is 12.1 Å². The van der Waals surface area contributed by atoms with Crippen LogP contribution in [0.4, 0.5) is 20.4 Å². The molecular weight excluding hydrogens is 326 g/mol. The molecule has 138 valence electrons. The summed E-state index contributed by atoms with van der Waals surface area (Å²) in [4.78, 5) is 12.6. The first kappa shape index (κ1) is 18.0. The Morgan fingerprint density at radius 2 is 2.00 bits per heavy atom. The van der Waals surface area contributed by atoms with Gasteiger partial charge in [-0.15, -0.1) is 6.58 Å². The Balaban J connectivity index is 2.04. The van der Waals surface area contributed by atoms with Crippen molar-refractivity contribution in [1.82, 2.24) is 9.97 Å². The minimum absolute atomic E-state index is 0.291. The summed E-state index contributed by atoms with van der Waals surface area (Å²) < 4.78 is 34.2. The maximum absolute atomic E-state index is 14.2. The van der Waals surface area contributed by atoms with E-state index < -0.39 is 18.7 Å². The Morgan fingerprint density at radius 3 is 2.48 bits per heavy atom. The van der Waals surface area contributed by atoms with E-state index in [0.29, 0.717) is 24.7 Å². The summed E-state index contributed by atoms with van der Waals surface area (Å²) in [7, 11) is 0. The SMILES string of the molecule is C=CC([C@H](C)[C@@H](C)F)N1c2nccnc2N([C@@H]2CCC2F)C1OCC. The maximum Gasteiger partial charge on any atom is 0.213 e. The van der Waals surface area contributed by atoms with E-state index in [1.165, 1.54) is 6.92 Å². The lowest BCUT2D eigenvalue weighted by Gasteiger charge is -2.44. The summed E-state index contributed by atoms with van der Waals surface area (Å²) in [5.41, 5.74) is 0. The van der Waals surface area contributed by atoms with Crippen LogP contribution in [0.2, 0.25) is 0 Å². The van der Waals surface area contributed by atoms with Crippen molar-refractivity contribution < 1.29 is 13.5 Å². The fourth-order valence-corrected chi connectivity index (χ4v) is 3.56. The van der Waals surface area contributed by atoms with Crippen molar-refractivity contribution >= 4 is 11.6 Å². The van der Waals surface area contributed by atoms with Gasteiger partial charge in [0, 0.05) is 24.9 Å². The van der Waals surface area contributed by atoms with E-state index >= 15 is 0 Å². The molecule has 1 fully saturated rings. The highest BCUT2D eigenvalue weighted by Gasteiger charge is 2.50. The van der Waals surface area contributed by atoms with Crippen molar-refractivity contribution in [2.75, 3.05) is 16.4 Å². The van der Waals surface area contributed by atoms with Gasteiger partial charge in [0.2, 0.25) is 6.35 Å². The van der Waals surface area contributed by atoms with Crippen LogP contribution in [0.15, 0.2) is 25.0 Å². The molecular formula is C18H26F2N4O. The van der Waals surface area contributed by atoms with Gasteiger partial charge in [-0.3, -0.25) is 0 Å². The molecule has 0 saturated heterocycles. The normalized spacial score (nSPS) is 28.9. The van der Waals surface area contributed by atoms with Gasteiger partial charge in [-0.2, -0.15) is 0 Å². The van der Waals surface area contributed by atoms with Gasteiger partial charge in [0.25, 0.3) is 0 Å². The van der Waals surface area contributed by atoms with Crippen LogP contribution in [0.5, 0.6) is 0 Å². The molecule has 1 aromatic heterocycles. The molecule has 3 unspecified atom stereocenters. The fourth-order valence-electron chi connectivity index (χ4n) is 3.56. The van der Waals surface area contributed by atoms with Crippen LogP contribution in [-0.4, -0.2) is 47.4 Å². The number of rotatable bonds is 7. The second-order valence-corrected chi connectivity index (χ2v) is 6.72. The third kappa shape index (κ3) is 2.99. The molecule has 1 saturated carbocycles. The maximum atomic E-state index is 14.2. The zero-order valence-corrected chi connectivity index (χ0v) is 15.0. The van der Waals surface area contributed by atoms with Gasteiger partial charge in [-0.25, -0.2) is 18.7 Å². The Bertz CT molecular complexity index is 614. The zero-order chi connectivity index (χ0) is 18.1. The number of hydrogen-bond donors (Lipinski definition) is 0. The van der Waals surface area contributed by atoms with E-state index in [-0.39, 0.29) is 18.0 Å². The lowest BCUT2D eigenvalue weighted by Crippen LogP contribution is -2.59. The van der Waals surface area contributed by atoms with Crippen LogP contribution in [-0.2, 0) is 4.74 Å². The standard InChI is InChI=1S/C18H26F2N4O/c1-5-14(11(3)12(4)19)23-16-17(22-10-9-21-16)24(18(23)25-6-2)15-8-7-13(15)20/h5,9-15,18H,1,6-8H2,2-4H3/t11-,12-,13?,14?,15-,18?/m1/s1. The molecule has 0 spiro atoms. The smallest absolute Gasteiger partial charge is 0.213 e. The third-order valence-electron chi connectivity index (χ3n) is 5.28. The molecule has 0 N–H and O–H groups in total. The highest BCUT2D eigenvalue weighted by molar-refractivity contribution is 5.71. The van der Waals surface area contributed by atoms with Crippen LogP contribution in [0.1, 0.15) is 33.6 Å². The Hall–Kier alpha value is -1.76. The first-order valence-corrected chi connectivity index (χ1v) is 8.91. The highest BCUT2D eigenvalue weighted by atomic mass is 19.1. The number of halogens is 2. The average Bonchev–Trinajstić information content (AvgIpc) is 2.89. The van der Waals surface area contributed by atoms with Gasteiger partial charge < -0.3 is 14.5 Å². The molecule has 0 amide bonds. The summed E-state index contributed by atoms with van der Waals surface area (Å²) >= 11 is 0.